The third-order valence-electron chi connectivity index (χ3n) is 3.22. The largest absolute Gasteiger partial charge is 0.264 e. The molecule has 0 aromatic rings. The number of nitro groups is 1. The van der Waals surface area contributed by atoms with Gasteiger partial charge < -0.3 is 0 Å². The van der Waals surface area contributed by atoms with Crippen molar-refractivity contribution in [1.82, 2.24) is 0 Å². The van der Waals surface area contributed by atoms with Gasteiger partial charge in [-0.25, -0.2) is 0 Å². The molecular weight excluding hydrogens is 202 g/mol. The van der Waals surface area contributed by atoms with E-state index in [1.807, 2.05) is 0 Å². The van der Waals surface area contributed by atoms with E-state index in [1.54, 1.807) is 0 Å². The topological polar surface area (TPSA) is 43.1 Å². The monoisotopic (exact) mass is 225 g/mol. The van der Waals surface area contributed by atoms with Crippen LogP contribution in [0.4, 0.5) is 0 Å². The smallest absolute Gasteiger partial charge is 0.224 e. The molecule has 1 aliphatic carbocycles. The van der Waals surface area contributed by atoms with Crippen molar-refractivity contribution in [3.63, 3.8) is 0 Å². The summed E-state index contributed by atoms with van der Waals surface area (Å²) in [6, 6.07) is 0. The molecule has 92 valence electrons. The van der Waals surface area contributed by atoms with Crippen molar-refractivity contribution < 1.29 is 4.92 Å². The first-order chi connectivity index (χ1) is 7.79. The Hall–Kier alpha value is -0.860. The molecule has 0 bridgehead atoms. The van der Waals surface area contributed by atoms with E-state index < -0.39 is 0 Å². The van der Waals surface area contributed by atoms with E-state index in [2.05, 4.69) is 6.08 Å². The zero-order chi connectivity index (χ0) is 11.6. The van der Waals surface area contributed by atoms with Gasteiger partial charge in [-0.05, 0) is 31.3 Å². The summed E-state index contributed by atoms with van der Waals surface area (Å²) in [4.78, 5) is 10.3. The van der Waals surface area contributed by atoms with Crippen molar-refractivity contribution in [3.05, 3.63) is 21.8 Å². The van der Waals surface area contributed by atoms with Crippen molar-refractivity contribution in [1.29, 1.82) is 0 Å². The number of rotatable bonds is 2. The zero-order valence-corrected chi connectivity index (χ0v) is 10.1. The second-order valence-corrected chi connectivity index (χ2v) is 4.72. The normalized spacial score (nSPS) is 23.6. The number of hydrogen-bond donors (Lipinski definition) is 0. The summed E-state index contributed by atoms with van der Waals surface area (Å²) in [5.41, 5.74) is 1.05. The van der Waals surface area contributed by atoms with Crippen molar-refractivity contribution >= 4 is 0 Å². The first-order valence-corrected chi connectivity index (χ1v) is 6.59. The lowest BCUT2D eigenvalue weighted by atomic mass is 10.0. The molecule has 3 nitrogen and oxygen atoms in total. The second kappa shape index (κ2) is 8.31. The van der Waals surface area contributed by atoms with Crippen molar-refractivity contribution in [2.45, 2.75) is 64.2 Å². The lowest BCUT2D eigenvalue weighted by Crippen LogP contribution is -2.04. The Morgan fingerprint density at radius 3 is 2.19 bits per heavy atom. The quantitative estimate of drug-likeness (QED) is 0.403. The Kier molecular flexibility index (Phi) is 6.86. The SMILES string of the molecule is O=[N+]([O-])C/C1=C/CCCCCCCCCC1. The van der Waals surface area contributed by atoms with Crippen LogP contribution in [0.5, 0.6) is 0 Å². The maximum Gasteiger partial charge on any atom is 0.224 e. The molecule has 0 spiro atoms. The molecule has 3 heteroatoms. The van der Waals surface area contributed by atoms with Crippen molar-refractivity contribution in [3.8, 4) is 0 Å². The molecule has 0 atom stereocenters. The minimum atomic E-state index is -0.197. The van der Waals surface area contributed by atoms with Crippen LogP contribution in [-0.4, -0.2) is 11.5 Å². The van der Waals surface area contributed by atoms with Gasteiger partial charge >= 0.3 is 0 Å². The van der Waals surface area contributed by atoms with Crippen LogP contribution in [0.2, 0.25) is 0 Å². The molecule has 0 saturated heterocycles. The molecule has 1 rings (SSSR count). The minimum absolute atomic E-state index is 0.0556. The molecule has 16 heavy (non-hydrogen) atoms. The van der Waals surface area contributed by atoms with Crippen LogP contribution in [0.25, 0.3) is 0 Å². The average molecular weight is 225 g/mol. The molecule has 0 aliphatic heterocycles. The van der Waals surface area contributed by atoms with Gasteiger partial charge in [-0.15, -0.1) is 0 Å². The zero-order valence-electron chi connectivity index (χ0n) is 10.1. The first kappa shape index (κ1) is 13.2. The van der Waals surface area contributed by atoms with Crippen LogP contribution in [0, 0.1) is 10.1 Å². The molecular formula is C13H23NO2. The Morgan fingerprint density at radius 1 is 1.00 bits per heavy atom. The molecule has 0 saturated carbocycles. The summed E-state index contributed by atoms with van der Waals surface area (Å²) in [6.45, 7) is 0.0556. The first-order valence-electron chi connectivity index (χ1n) is 6.59. The molecule has 0 heterocycles. The molecule has 0 aromatic heterocycles. The lowest BCUT2D eigenvalue weighted by molar-refractivity contribution is -0.471. The number of hydrogen-bond acceptors (Lipinski definition) is 2. The number of nitrogens with zero attached hydrogens (tertiary/aromatic N) is 1. The fraction of sp³-hybridized carbons (Fsp3) is 0.846. The summed E-state index contributed by atoms with van der Waals surface area (Å²) in [6.07, 6.45) is 14.2. The minimum Gasteiger partial charge on any atom is -0.264 e. The van der Waals surface area contributed by atoms with Gasteiger partial charge in [0.15, 0.2) is 0 Å². The van der Waals surface area contributed by atoms with Crippen LogP contribution in [-0.2, 0) is 0 Å². The molecule has 0 radical (unpaired) electrons. The predicted octanol–water partition coefficient (Wildman–Crippen LogP) is 4.10. The van der Waals surface area contributed by atoms with Crippen LogP contribution in [0.3, 0.4) is 0 Å². The van der Waals surface area contributed by atoms with E-state index >= 15 is 0 Å². The van der Waals surface area contributed by atoms with Gasteiger partial charge in [0, 0.05) is 4.92 Å². The van der Waals surface area contributed by atoms with E-state index in [0.29, 0.717) is 0 Å². The van der Waals surface area contributed by atoms with Crippen LogP contribution < -0.4 is 0 Å². The molecule has 0 N–H and O–H groups in total. The molecule has 0 unspecified atom stereocenters. The average Bonchev–Trinajstić information content (AvgIpc) is 2.21. The molecule has 0 amide bonds. The number of allylic oxidation sites excluding steroid dienone is 1. The van der Waals surface area contributed by atoms with Crippen LogP contribution >= 0.6 is 0 Å². The Bertz CT molecular complexity index is 236. The van der Waals surface area contributed by atoms with Crippen molar-refractivity contribution in [2.24, 2.45) is 0 Å². The van der Waals surface area contributed by atoms with E-state index in [9.17, 15) is 10.1 Å². The predicted molar refractivity (Wildman–Crippen MR) is 66.1 cm³/mol. The van der Waals surface area contributed by atoms with E-state index in [4.69, 9.17) is 0 Å². The van der Waals surface area contributed by atoms with Crippen LogP contribution in [0.15, 0.2) is 11.6 Å². The highest BCUT2D eigenvalue weighted by molar-refractivity contribution is 5.02. The van der Waals surface area contributed by atoms with Gasteiger partial charge in [0.2, 0.25) is 6.54 Å². The molecule has 0 fully saturated rings. The fourth-order valence-electron chi connectivity index (χ4n) is 2.27. The molecule has 1 aliphatic rings. The fourth-order valence-corrected chi connectivity index (χ4v) is 2.27. The Balaban J connectivity index is 2.40. The van der Waals surface area contributed by atoms with Gasteiger partial charge in [-0.3, -0.25) is 10.1 Å². The van der Waals surface area contributed by atoms with Gasteiger partial charge in [-0.2, -0.15) is 0 Å². The van der Waals surface area contributed by atoms with Crippen molar-refractivity contribution in [2.75, 3.05) is 6.54 Å². The van der Waals surface area contributed by atoms with Gasteiger partial charge in [0.1, 0.15) is 0 Å². The highest BCUT2D eigenvalue weighted by atomic mass is 16.6. The summed E-state index contributed by atoms with van der Waals surface area (Å²) in [5, 5.41) is 10.5. The third kappa shape index (κ3) is 6.59. The maximum atomic E-state index is 10.5. The summed E-state index contributed by atoms with van der Waals surface area (Å²) >= 11 is 0. The summed E-state index contributed by atoms with van der Waals surface area (Å²) in [5.74, 6) is 0. The Morgan fingerprint density at radius 2 is 1.56 bits per heavy atom. The lowest BCUT2D eigenvalue weighted by Gasteiger charge is -2.06. The Labute approximate surface area is 98.1 Å². The summed E-state index contributed by atoms with van der Waals surface area (Å²) < 4.78 is 0. The summed E-state index contributed by atoms with van der Waals surface area (Å²) in [7, 11) is 0. The second-order valence-electron chi connectivity index (χ2n) is 4.72. The van der Waals surface area contributed by atoms with E-state index in [0.717, 1.165) is 24.8 Å². The maximum absolute atomic E-state index is 10.5. The third-order valence-corrected chi connectivity index (χ3v) is 3.22. The van der Waals surface area contributed by atoms with Gasteiger partial charge in [0.05, 0.1) is 0 Å². The van der Waals surface area contributed by atoms with Gasteiger partial charge in [-0.1, -0.05) is 44.6 Å². The highest BCUT2D eigenvalue weighted by Gasteiger charge is 2.05. The van der Waals surface area contributed by atoms with E-state index in [1.165, 1.54) is 44.9 Å². The van der Waals surface area contributed by atoms with Gasteiger partial charge in [0.25, 0.3) is 0 Å². The van der Waals surface area contributed by atoms with E-state index in [-0.39, 0.29) is 11.5 Å². The van der Waals surface area contributed by atoms with Crippen LogP contribution in [0.1, 0.15) is 64.2 Å². The standard InChI is InChI=1S/C13H23NO2/c15-14(16)12-13-10-8-6-4-2-1-3-5-7-9-11-13/h10H,1-9,11-12H2/b13-10+. The molecule has 0 aromatic carbocycles. The highest BCUT2D eigenvalue weighted by Crippen LogP contribution is 2.16.